The molecule has 100 valence electrons. The van der Waals surface area contributed by atoms with Gasteiger partial charge in [0.2, 0.25) is 0 Å². The molecule has 2 aromatic rings. The average Bonchev–Trinajstić information content (AvgIpc) is 2.70. The fourth-order valence-corrected chi connectivity index (χ4v) is 1.79. The van der Waals surface area contributed by atoms with Crippen LogP contribution in [0.5, 0.6) is 0 Å². The molecule has 0 saturated carbocycles. The van der Waals surface area contributed by atoms with Gasteiger partial charge in [0.1, 0.15) is 5.82 Å². The van der Waals surface area contributed by atoms with Gasteiger partial charge in [0.05, 0.1) is 5.69 Å². The van der Waals surface area contributed by atoms with Crippen LogP contribution in [0.1, 0.15) is 16.1 Å². The maximum atomic E-state index is 12.8. The van der Waals surface area contributed by atoms with Crippen molar-refractivity contribution in [1.82, 2.24) is 14.7 Å². The lowest BCUT2D eigenvalue weighted by Crippen LogP contribution is -2.27. The van der Waals surface area contributed by atoms with Crippen LogP contribution in [0, 0.1) is 5.82 Å². The van der Waals surface area contributed by atoms with E-state index < -0.39 is 0 Å². The highest BCUT2D eigenvalue weighted by Crippen LogP contribution is 2.13. The van der Waals surface area contributed by atoms with E-state index in [1.165, 1.54) is 21.7 Å². The van der Waals surface area contributed by atoms with Crippen LogP contribution in [0.3, 0.4) is 0 Å². The van der Waals surface area contributed by atoms with Gasteiger partial charge in [-0.3, -0.25) is 9.48 Å². The zero-order valence-electron chi connectivity index (χ0n) is 10.8. The molecular formula is C13H15FN4O. The Labute approximate surface area is 110 Å². The van der Waals surface area contributed by atoms with Crippen LogP contribution in [0.2, 0.25) is 0 Å². The van der Waals surface area contributed by atoms with E-state index in [2.05, 4.69) is 5.10 Å². The summed E-state index contributed by atoms with van der Waals surface area (Å²) in [5.41, 5.74) is 7.13. The highest BCUT2D eigenvalue weighted by Gasteiger charge is 2.18. The number of anilines is 1. The lowest BCUT2D eigenvalue weighted by atomic mass is 10.2. The molecule has 0 radical (unpaired) electrons. The van der Waals surface area contributed by atoms with Crippen LogP contribution < -0.4 is 5.73 Å². The Morgan fingerprint density at radius 2 is 2.05 bits per heavy atom. The van der Waals surface area contributed by atoms with E-state index in [1.807, 2.05) is 0 Å². The second kappa shape index (κ2) is 5.09. The molecule has 0 unspecified atom stereocenters. The summed E-state index contributed by atoms with van der Waals surface area (Å²) in [6, 6.07) is 6.01. The third kappa shape index (κ3) is 2.90. The Kier molecular flexibility index (Phi) is 3.50. The quantitative estimate of drug-likeness (QED) is 0.909. The minimum Gasteiger partial charge on any atom is -0.396 e. The molecule has 0 aliphatic carbocycles. The molecule has 0 atom stereocenters. The third-order valence-corrected chi connectivity index (χ3v) is 2.74. The minimum absolute atomic E-state index is 0.229. The van der Waals surface area contributed by atoms with Gasteiger partial charge in [0, 0.05) is 26.8 Å². The molecule has 2 rings (SSSR count). The van der Waals surface area contributed by atoms with E-state index in [-0.39, 0.29) is 17.4 Å². The number of amides is 1. The SMILES string of the molecule is CN(Cc1ccc(F)cc1)C(=O)c1nn(C)cc1N. The number of carbonyl (C=O) groups is 1. The average molecular weight is 262 g/mol. The summed E-state index contributed by atoms with van der Waals surface area (Å²) in [4.78, 5) is 13.6. The number of carbonyl (C=O) groups excluding carboxylic acids is 1. The van der Waals surface area contributed by atoms with Crippen molar-refractivity contribution in [3.8, 4) is 0 Å². The summed E-state index contributed by atoms with van der Waals surface area (Å²) in [7, 11) is 3.35. The smallest absolute Gasteiger partial charge is 0.276 e. The van der Waals surface area contributed by atoms with Gasteiger partial charge >= 0.3 is 0 Å². The van der Waals surface area contributed by atoms with Crippen LogP contribution in [-0.2, 0) is 13.6 Å². The van der Waals surface area contributed by atoms with Crippen molar-refractivity contribution in [2.45, 2.75) is 6.54 Å². The molecule has 19 heavy (non-hydrogen) atoms. The Morgan fingerprint density at radius 1 is 1.42 bits per heavy atom. The third-order valence-electron chi connectivity index (χ3n) is 2.74. The number of nitrogens with two attached hydrogens (primary N) is 1. The number of aromatic nitrogens is 2. The molecule has 0 aliphatic rings. The largest absolute Gasteiger partial charge is 0.396 e. The summed E-state index contributed by atoms with van der Waals surface area (Å²) in [6.07, 6.45) is 1.58. The molecule has 6 heteroatoms. The van der Waals surface area contributed by atoms with E-state index in [0.29, 0.717) is 12.2 Å². The first-order chi connectivity index (χ1) is 8.97. The molecule has 1 aromatic heterocycles. The normalized spacial score (nSPS) is 10.5. The van der Waals surface area contributed by atoms with Crippen molar-refractivity contribution in [1.29, 1.82) is 0 Å². The zero-order valence-corrected chi connectivity index (χ0v) is 10.8. The molecule has 0 bridgehead atoms. The maximum Gasteiger partial charge on any atom is 0.276 e. The van der Waals surface area contributed by atoms with Crippen molar-refractivity contribution in [3.63, 3.8) is 0 Å². The van der Waals surface area contributed by atoms with Crippen molar-refractivity contribution in [3.05, 3.63) is 47.5 Å². The monoisotopic (exact) mass is 262 g/mol. The van der Waals surface area contributed by atoms with Crippen LogP contribution in [0.4, 0.5) is 10.1 Å². The van der Waals surface area contributed by atoms with E-state index in [4.69, 9.17) is 5.73 Å². The number of aryl methyl sites for hydroxylation is 1. The van der Waals surface area contributed by atoms with Crippen molar-refractivity contribution in [2.24, 2.45) is 7.05 Å². The second-order valence-corrected chi connectivity index (χ2v) is 4.39. The summed E-state index contributed by atoms with van der Waals surface area (Å²) in [5.74, 6) is -0.561. The van der Waals surface area contributed by atoms with Gasteiger partial charge in [-0.05, 0) is 17.7 Å². The highest BCUT2D eigenvalue weighted by atomic mass is 19.1. The molecular weight excluding hydrogens is 247 g/mol. The first kappa shape index (κ1) is 13.1. The summed E-state index contributed by atoms with van der Waals surface area (Å²) in [5, 5.41) is 4.03. The molecule has 5 nitrogen and oxygen atoms in total. The van der Waals surface area contributed by atoms with Gasteiger partial charge in [-0.25, -0.2) is 4.39 Å². The standard InChI is InChI=1S/C13H15FN4O/c1-17(7-9-3-5-10(14)6-4-9)13(19)12-11(15)8-18(2)16-12/h3-6,8H,7,15H2,1-2H3. The number of benzene rings is 1. The Bertz CT molecular complexity index is 591. The predicted molar refractivity (Wildman–Crippen MR) is 69.8 cm³/mol. The van der Waals surface area contributed by atoms with E-state index in [1.54, 1.807) is 32.4 Å². The molecule has 0 aliphatic heterocycles. The number of halogens is 1. The molecule has 1 aromatic carbocycles. The number of nitrogen functional groups attached to an aromatic ring is 1. The maximum absolute atomic E-state index is 12.8. The van der Waals surface area contributed by atoms with Gasteiger partial charge in [0.15, 0.2) is 5.69 Å². The van der Waals surface area contributed by atoms with Crippen molar-refractivity contribution in [2.75, 3.05) is 12.8 Å². The minimum atomic E-state index is -0.299. The number of hydrogen-bond donors (Lipinski definition) is 1. The predicted octanol–water partition coefficient (Wildman–Crippen LogP) is 1.41. The van der Waals surface area contributed by atoms with Crippen molar-refractivity contribution < 1.29 is 9.18 Å². The summed E-state index contributed by atoms with van der Waals surface area (Å²) in [6.45, 7) is 0.370. The lowest BCUT2D eigenvalue weighted by molar-refractivity contribution is 0.0779. The first-order valence-electron chi connectivity index (χ1n) is 5.76. The van der Waals surface area contributed by atoms with E-state index in [9.17, 15) is 9.18 Å². The number of hydrogen-bond acceptors (Lipinski definition) is 3. The van der Waals surface area contributed by atoms with Crippen molar-refractivity contribution >= 4 is 11.6 Å². The molecule has 0 fully saturated rings. The fraction of sp³-hybridized carbons (Fsp3) is 0.231. The van der Waals surface area contributed by atoms with Gasteiger partial charge < -0.3 is 10.6 Å². The second-order valence-electron chi connectivity index (χ2n) is 4.39. The zero-order chi connectivity index (χ0) is 14.0. The highest BCUT2D eigenvalue weighted by molar-refractivity contribution is 5.96. The van der Waals surface area contributed by atoms with Gasteiger partial charge in [-0.2, -0.15) is 5.10 Å². The lowest BCUT2D eigenvalue weighted by Gasteiger charge is -2.16. The Balaban J connectivity index is 2.11. The van der Waals surface area contributed by atoms with E-state index in [0.717, 1.165) is 5.56 Å². The first-order valence-corrected chi connectivity index (χ1v) is 5.76. The number of rotatable bonds is 3. The van der Waals surface area contributed by atoms with Gasteiger partial charge in [-0.1, -0.05) is 12.1 Å². The summed E-state index contributed by atoms with van der Waals surface area (Å²) < 4.78 is 14.3. The molecule has 0 spiro atoms. The van der Waals surface area contributed by atoms with Gasteiger partial charge in [-0.15, -0.1) is 0 Å². The molecule has 0 saturated heterocycles. The fourth-order valence-electron chi connectivity index (χ4n) is 1.79. The van der Waals surface area contributed by atoms with Crippen LogP contribution in [-0.4, -0.2) is 27.6 Å². The Hall–Kier alpha value is -2.37. The van der Waals surface area contributed by atoms with Crippen LogP contribution >= 0.6 is 0 Å². The van der Waals surface area contributed by atoms with E-state index >= 15 is 0 Å². The topological polar surface area (TPSA) is 64.2 Å². The van der Waals surface area contributed by atoms with Gasteiger partial charge in [0.25, 0.3) is 5.91 Å². The molecule has 1 heterocycles. The number of nitrogens with zero attached hydrogens (tertiary/aromatic N) is 3. The van der Waals surface area contributed by atoms with Crippen LogP contribution in [0.25, 0.3) is 0 Å². The van der Waals surface area contributed by atoms with Crippen LogP contribution in [0.15, 0.2) is 30.5 Å². The summed E-state index contributed by atoms with van der Waals surface area (Å²) >= 11 is 0. The Morgan fingerprint density at radius 3 is 2.58 bits per heavy atom. The molecule has 2 N–H and O–H groups in total. The molecule has 1 amide bonds.